The van der Waals surface area contributed by atoms with Crippen LogP contribution in [0.15, 0.2) is 59.8 Å². The van der Waals surface area contributed by atoms with Crippen molar-refractivity contribution >= 4 is 17.8 Å². The number of aryl methyl sites for hydroxylation is 3. The second-order valence-corrected chi connectivity index (χ2v) is 13.4. The lowest BCUT2D eigenvalue weighted by atomic mass is 10.1. The number of nitrogens with zero attached hydrogens (tertiary/aromatic N) is 15. The van der Waals surface area contributed by atoms with Crippen LogP contribution in [-0.4, -0.2) is 81.8 Å². The highest BCUT2D eigenvalue weighted by Gasteiger charge is 2.43. The van der Waals surface area contributed by atoms with Crippen LogP contribution >= 0.6 is 0 Å². The fraction of sp³-hybridized carbons (Fsp3) is 0.389. The second-order valence-electron chi connectivity index (χ2n) is 13.4. The van der Waals surface area contributed by atoms with Gasteiger partial charge in [0.15, 0.2) is 5.82 Å². The zero-order valence-electron chi connectivity index (χ0n) is 31.7. The Morgan fingerprint density at radius 2 is 1.47 bits per heavy atom. The number of aromatic nitrogens is 14. The zero-order chi connectivity index (χ0) is 40.7. The molecule has 2 fully saturated rings. The molecule has 2 saturated carbocycles. The van der Waals surface area contributed by atoms with E-state index in [1.165, 1.54) is 27.2 Å². The van der Waals surface area contributed by atoms with Gasteiger partial charge in [-0.1, -0.05) is 13.8 Å². The van der Waals surface area contributed by atoms with Gasteiger partial charge in [0.1, 0.15) is 22.8 Å². The fourth-order valence-electron chi connectivity index (χ4n) is 6.74. The van der Waals surface area contributed by atoms with Gasteiger partial charge in [0.2, 0.25) is 11.6 Å². The average Bonchev–Trinajstić information content (AvgIpc) is 3.77. The summed E-state index contributed by atoms with van der Waals surface area (Å²) in [5.41, 5.74) is 9.37. The standard InChI is InChI=1S/C18H18F4N8.C16H15FN8.C2H6/c1-24-7-8(6-23)9-3-10(9)11-4-14(29(2)27-11)17-26-18-25-12(15(19)20)5-13(16(21)22)30(18)28-17;1-23-7-9(5-19-23)11-3-12(11)13-4-14(24(2)21-13)15-20-16-18-6-10(17)8-25(16)22-15;1-2/h4-7,9-10,15-16H,3,23H2,1-2H3;4-8,11-12H,3H2,1-2H3;1-2H3/b8-6+,24-7?;;. The summed E-state index contributed by atoms with van der Waals surface area (Å²) in [6.45, 7) is 4.00. The minimum absolute atomic E-state index is 0.0685. The number of hydrogen-bond acceptors (Lipinski definition) is 11. The van der Waals surface area contributed by atoms with Crippen LogP contribution in [0.1, 0.15) is 85.6 Å². The van der Waals surface area contributed by atoms with E-state index < -0.39 is 30.1 Å². The van der Waals surface area contributed by atoms with Crippen molar-refractivity contribution in [3.63, 3.8) is 0 Å². The van der Waals surface area contributed by atoms with Crippen LogP contribution in [0.4, 0.5) is 22.0 Å². The van der Waals surface area contributed by atoms with Gasteiger partial charge in [0, 0.05) is 52.4 Å². The van der Waals surface area contributed by atoms with E-state index in [4.69, 9.17) is 5.73 Å². The lowest BCUT2D eigenvalue weighted by Gasteiger charge is -2.05. The van der Waals surface area contributed by atoms with Crippen LogP contribution in [0.2, 0.25) is 0 Å². The molecular weight excluding hydrogens is 751 g/mol. The lowest BCUT2D eigenvalue weighted by molar-refractivity contribution is 0.135. The first-order chi connectivity index (χ1) is 27.4. The number of fused-ring (bicyclic) bond motifs is 2. The number of halogens is 5. The molecule has 0 bridgehead atoms. The fourth-order valence-corrected chi connectivity index (χ4v) is 6.74. The Morgan fingerprint density at radius 1 is 0.807 bits per heavy atom. The van der Waals surface area contributed by atoms with Crippen LogP contribution in [0.5, 0.6) is 0 Å². The number of nitrogens with two attached hydrogens (primary N) is 1. The van der Waals surface area contributed by atoms with Gasteiger partial charge >= 0.3 is 0 Å². The van der Waals surface area contributed by atoms with Gasteiger partial charge in [-0.05, 0) is 60.2 Å². The maximum atomic E-state index is 13.4. The molecule has 7 aromatic heterocycles. The largest absolute Gasteiger partial charge is 0.404 e. The van der Waals surface area contributed by atoms with E-state index in [2.05, 4.69) is 56.6 Å². The highest BCUT2D eigenvalue weighted by molar-refractivity contribution is 5.80. The molecule has 16 nitrogen and oxygen atoms in total. The van der Waals surface area contributed by atoms with E-state index >= 15 is 0 Å². The topological polar surface area (TPSA) is 178 Å². The minimum atomic E-state index is -3.02. The molecule has 0 spiro atoms. The molecule has 0 saturated heterocycles. The first kappa shape index (κ1) is 38.8. The van der Waals surface area contributed by atoms with E-state index in [1.54, 1.807) is 31.1 Å². The molecule has 4 atom stereocenters. The Kier molecular flexibility index (Phi) is 10.6. The van der Waals surface area contributed by atoms with Crippen molar-refractivity contribution in [3.8, 4) is 23.0 Å². The zero-order valence-corrected chi connectivity index (χ0v) is 31.7. The van der Waals surface area contributed by atoms with Crippen molar-refractivity contribution in [1.82, 2.24) is 68.5 Å². The maximum absolute atomic E-state index is 13.4. The molecule has 7 heterocycles. The summed E-state index contributed by atoms with van der Waals surface area (Å²) in [5, 5.41) is 21.7. The van der Waals surface area contributed by atoms with E-state index in [0.29, 0.717) is 35.2 Å². The molecule has 57 heavy (non-hydrogen) atoms. The van der Waals surface area contributed by atoms with Gasteiger partial charge in [-0.3, -0.25) is 19.0 Å². The summed E-state index contributed by atoms with van der Waals surface area (Å²) in [5.74, 6) is 1.31. The molecule has 2 N–H and O–H groups in total. The Morgan fingerprint density at radius 3 is 2.09 bits per heavy atom. The molecule has 7 aromatic rings. The summed E-state index contributed by atoms with van der Waals surface area (Å²) in [4.78, 5) is 20.0. The third-order valence-electron chi connectivity index (χ3n) is 9.62. The number of allylic oxidation sites excluding steroid dienone is 1. The van der Waals surface area contributed by atoms with Crippen molar-refractivity contribution in [2.24, 2.45) is 37.8 Å². The lowest BCUT2D eigenvalue weighted by Crippen LogP contribution is -2.04. The highest BCUT2D eigenvalue weighted by atomic mass is 19.3. The average molecular weight is 791 g/mol. The van der Waals surface area contributed by atoms with Gasteiger partial charge in [-0.25, -0.2) is 36.4 Å². The summed E-state index contributed by atoms with van der Waals surface area (Å²) >= 11 is 0. The Hall–Kier alpha value is -6.41. The second kappa shape index (κ2) is 15.6. The molecule has 298 valence electrons. The SMILES string of the molecule is CC.CN=C/C(=C\N)C1CC1c1cc(-c2nc3nc(C(F)F)cc(C(F)F)n3n2)n(C)n1.Cn1cc(C2CC2c2cc(-c3nc4ncc(F)cn4n3)n(C)n2)cn1. The number of rotatable bonds is 9. The number of hydrogen-bond donors (Lipinski definition) is 1. The van der Waals surface area contributed by atoms with Crippen LogP contribution in [0, 0.1) is 11.7 Å². The molecule has 2 aliphatic rings. The smallest absolute Gasteiger partial charge is 0.280 e. The Balaban J connectivity index is 0.000000169. The van der Waals surface area contributed by atoms with E-state index in [9.17, 15) is 22.0 Å². The van der Waals surface area contributed by atoms with Crippen LogP contribution in [0.25, 0.3) is 34.6 Å². The molecule has 4 unspecified atom stereocenters. The normalized spacial score (nSPS) is 19.1. The summed E-state index contributed by atoms with van der Waals surface area (Å²) in [6, 6.07) is 4.40. The van der Waals surface area contributed by atoms with Gasteiger partial charge < -0.3 is 5.73 Å². The van der Waals surface area contributed by atoms with Gasteiger partial charge in [0.05, 0.1) is 30.0 Å². The van der Waals surface area contributed by atoms with Crippen molar-refractivity contribution < 1.29 is 22.0 Å². The van der Waals surface area contributed by atoms with Crippen molar-refractivity contribution in [2.75, 3.05) is 7.05 Å². The highest BCUT2D eigenvalue weighted by Crippen LogP contribution is 2.54. The molecule has 0 amide bonds. The van der Waals surface area contributed by atoms with Crippen LogP contribution < -0.4 is 5.73 Å². The summed E-state index contributed by atoms with van der Waals surface area (Å²) < 4.78 is 73.3. The summed E-state index contributed by atoms with van der Waals surface area (Å²) in [6.07, 6.45) is 5.47. The van der Waals surface area contributed by atoms with E-state index in [0.717, 1.165) is 46.2 Å². The monoisotopic (exact) mass is 790 g/mol. The molecule has 0 radical (unpaired) electrons. The molecule has 2 aliphatic carbocycles. The molecule has 9 rings (SSSR count). The molecular formula is C36H39F5N16. The number of aliphatic imine (C=N–C) groups is 1. The van der Waals surface area contributed by atoms with Gasteiger partial charge in [-0.15, -0.1) is 10.2 Å². The first-order valence-corrected chi connectivity index (χ1v) is 18.0. The van der Waals surface area contributed by atoms with Gasteiger partial charge in [0.25, 0.3) is 24.4 Å². The predicted molar refractivity (Wildman–Crippen MR) is 198 cm³/mol. The molecule has 0 aromatic carbocycles. The predicted octanol–water partition coefficient (Wildman–Crippen LogP) is 5.74. The number of alkyl halides is 4. The Bertz CT molecular complexity index is 2590. The first-order valence-electron chi connectivity index (χ1n) is 18.0. The van der Waals surface area contributed by atoms with Gasteiger partial charge in [-0.2, -0.15) is 29.8 Å². The van der Waals surface area contributed by atoms with Crippen molar-refractivity contribution in [3.05, 3.63) is 88.9 Å². The Labute approximate surface area is 322 Å². The summed E-state index contributed by atoms with van der Waals surface area (Å²) in [7, 11) is 7.11. The maximum Gasteiger partial charge on any atom is 0.280 e. The molecule has 21 heteroatoms. The van der Waals surface area contributed by atoms with Crippen molar-refractivity contribution in [1.29, 1.82) is 0 Å². The molecule has 0 aliphatic heterocycles. The van der Waals surface area contributed by atoms with E-state index in [1.807, 2.05) is 44.9 Å². The third-order valence-corrected chi connectivity index (χ3v) is 9.62. The third kappa shape index (κ3) is 7.72. The van der Waals surface area contributed by atoms with E-state index in [-0.39, 0.29) is 23.4 Å². The van der Waals surface area contributed by atoms with Crippen molar-refractivity contribution in [2.45, 2.75) is 57.3 Å². The van der Waals surface area contributed by atoms with Crippen LogP contribution in [-0.2, 0) is 21.1 Å². The van der Waals surface area contributed by atoms with Crippen LogP contribution in [0.3, 0.4) is 0 Å². The minimum Gasteiger partial charge on any atom is -0.404 e. The quantitative estimate of drug-likeness (QED) is 0.140.